The summed E-state index contributed by atoms with van der Waals surface area (Å²) in [5, 5.41) is 5.81. The van der Waals surface area contributed by atoms with Gasteiger partial charge in [0.1, 0.15) is 5.75 Å². The third-order valence-corrected chi connectivity index (χ3v) is 5.90. The normalized spacial score (nSPS) is 11.8. The van der Waals surface area contributed by atoms with Gasteiger partial charge in [-0.1, -0.05) is 54.6 Å². The summed E-state index contributed by atoms with van der Waals surface area (Å²) in [7, 11) is 0. The highest BCUT2D eigenvalue weighted by Gasteiger charge is 2.18. The number of aryl methyl sites for hydroxylation is 2. The SMILES string of the molecule is CCOc1ccc(C(CC(=O)c2ccc3ccccc3c2)Nc2ccc(C)c(C)c2)cc1. The van der Waals surface area contributed by atoms with Crippen molar-refractivity contribution < 1.29 is 9.53 Å². The highest BCUT2D eigenvalue weighted by Crippen LogP contribution is 2.28. The van der Waals surface area contributed by atoms with Gasteiger partial charge in [-0.15, -0.1) is 0 Å². The van der Waals surface area contributed by atoms with Gasteiger partial charge in [0, 0.05) is 17.7 Å². The molecule has 0 bridgehead atoms. The van der Waals surface area contributed by atoms with Gasteiger partial charge in [-0.25, -0.2) is 0 Å². The zero-order valence-corrected chi connectivity index (χ0v) is 18.9. The molecule has 1 atom stereocenters. The van der Waals surface area contributed by atoms with Crippen LogP contribution >= 0.6 is 0 Å². The molecule has 1 unspecified atom stereocenters. The molecule has 162 valence electrons. The van der Waals surface area contributed by atoms with Crippen molar-refractivity contribution in [3.8, 4) is 5.75 Å². The minimum absolute atomic E-state index is 0.117. The van der Waals surface area contributed by atoms with E-state index < -0.39 is 0 Å². The number of anilines is 1. The molecule has 3 heteroatoms. The zero-order chi connectivity index (χ0) is 22.5. The Kier molecular flexibility index (Phi) is 6.55. The summed E-state index contributed by atoms with van der Waals surface area (Å²) >= 11 is 0. The second-order valence-corrected chi connectivity index (χ2v) is 8.19. The second-order valence-electron chi connectivity index (χ2n) is 8.19. The molecule has 0 saturated carbocycles. The molecule has 1 N–H and O–H groups in total. The molecular weight excluding hydrogens is 394 g/mol. The Labute approximate surface area is 190 Å². The van der Waals surface area contributed by atoms with Gasteiger partial charge in [-0.3, -0.25) is 4.79 Å². The molecule has 0 aliphatic rings. The maximum Gasteiger partial charge on any atom is 0.165 e. The average molecular weight is 424 g/mol. The lowest BCUT2D eigenvalue weighted by atomic mass is 9.96. The van der Waals surface area contributed by atoms with Gasteiger partial charge in [0.2, 0.25) is 0 Å². The number of carbonyl (C=O) groups is 1. The quantitative estimate of drug-likeness (QED) is 0.303. The van der Waals surface area contributed by atoms with E-state index in [0.29, 0.717) is 13.0 Å². The predicted molar refractivity (Wildman–Crippen MR) is 133 cm³/mol. The topological polar surface area (TPSA) is 38.3 Å². The molecule has 4 aromatic rings. The molecule has 4 aromatic carbocycles. The van der Waals surface area contributed by atoms with E-state index in [-0.39, 0.29) is 11.8 Å². The maximum atomic E-state index is 13.3. The zero-order valence-electron chi connectivity index (χ0n) is 18.9. The number of Topliss-reactive ketones (excluding diaryl/α,β-unsaturated/α-hetero) is 1. The van der Waals surface area contributed by atoms with E-state index in [9.17, 15) is 4.79 Å². The summed E-state index contributed by atoms with van der Waals surface area (Å²) in [4.78, 5) is 13.3. The van der Waals surface area contributed by atoms with Crippen molar-refractivity contribution >= 4 is 22.2 Å². The fraction of sp³-hybridized carbons (Fsp3) is 0.207. The van der Waals surface area contributed by atoms with Crippen molar-refractivity contribution in [1.82, 2.24) is 0 Å². The third-order valence-electron chi connectivity index (χ3n) is 5.90. The van der Waals surface area contributed by atoms with Crippen LogP contribution in [0.2, 0.25) is 0 Å². The van der Waals surface area contributed by atoms with Crippen molar-refractivity contribution in [2.24, 2.45) is 0 Å². The molecule has 0 spiro atoms. The monoisotopic (exact) mass is 423 g/mol. The predicted octanol–water partition coefficient (Wildman–Crippen LogP) is 7.28. The molecule has 3 nitrogen and oxygen atoms in total. The van der Waals surface area contributed by atoms with Crippen molar-refractivity contribution in [3.63, 3.8) is 0 Å². The molecule has 0 aliphatic carbocycles. The number of ketones is 1. The van der Waals surface area contributed by atoms with Gasteiger partial charge in [0.05, 0.1) is 12.6 Å². The van der Waals surface area contributed by atoms with E-state index in [0.717, 1.165) is 33.3 Å². The first-order valence-corrected chi connectivity index (χ1v) is 11.1. The molecule has 0 saturated heterocycles. The summed E-state index contributed by atoms with van der Waals surface area (Å²) < 4.78 is 5.59. The number of hydrogen-bond acceptors (Lipinski definition) is 3. The number of hydrogen-bond donors (Lipinski definition) is 1. The molecule has 0 aromatic heterocycles. The number of carbonyl (C=O) groups excluding carboxylic acids is 1. The van der Waals surface area contributed by atoms with Crippen molar-refractivity contribution in [2.75, 3.05) is 11.9 Å². The Morgan fingerprint density at radius 3 is 2.31 bits per heavy atom. The lowest BCUT2D eigenvalue weighted by molar-refractivity contribution is 0.0976. The van der Waals surface area contributed by atoms with E-state index >= 15 is 0 Å². The van der Waals surface area contributed by atoms with Gasteiger partial charge in [-0.05, 0) is 78.6 Å². The Balaban J connectivity index is 1.62. The van der Waals surface area contributed by atoms with Crippen LogP contribution in [0.1, 0.15) is 46.4 Å². The van der Waals surface area contributed by atoms with Crippen LogP contribution in [0.5, 0.6) is 5.75 Å². The fourth-order valence-corrected chi connectivity index (χ4v) is 3.91. The minimum atomic E-state index is -0.147. The number of fused-ring (bicyclic) bond motifs is 1. The first kappa shape index (κ1) is 21.6. The molecular formula is C29H29NO2. The third kappa shape index (κ3) is 5.00. The van der Waals surface area contributed by atoms with Crippen LogP contribution in [0.3, 0.4) is 0 Å². The Hall–Kier alpha value is -3.59. The van der Waals surface area contributed by atoms with Crippen LogP contribution in [-0.2, 0) is 0 Å². The fourth-order valence-electron chi connectivity index (χ4n) is 3.91. The number of nitrogens with one attached hydrogen (secondary N) is 1. The summed E-state index contributed by atoms with van der Waals surface area (Å²) in [5.41, 5.74) is 5.28. The van der Waals surface area contributed by atoms with Crippen molar-refractivity contribution in [2.45, 2.75) is 33.2 Å². The van der Waals surface area contributed by atoms with Crippen LogP contribution < -0.4 is 10.1 Å². The standard InChI is InChI=1S/C29H29NO2/c1-4-32-27-15-12-23(13-16-27)28(30-26-14-9-20(2)21(3)17-26)19-29(31)25-11-10-22-7-5-6-8-24(22)18-25/h5-18,28,30H,4,19H2,1-3H3. The van der Waals surface area contributed by atoms with Crippen LogP contribution in [0.15, 0.2) is 84.9 Å². The first-order valence-electron chi connectivity index (χ1n) is 11.1. The van der Waals surface area contributed by atoms with Crippen LogP contribution in [0.4, 0.5) is 5.69 Å². The van der Waals surface area contributed by atoms with Gasteiger partial charge in [0.25, 0.3) is 0 Å². The van der Waals surface area contributed by atoms with Crippen molar-refractivity contribution in [3.05, 3.63) is 107 Å². The number of benzene rings is 4. The highest BCUT2D eigenvalue weighted by atomic mass is 16.5. The minimum Gasteiger partial charge on any atom is -0.494 e. The van der Waals surface area contributed by atoms with Crippen LogP contribution in [0.25, 0.3) is 10.8 Å². The Morgan fingerprint density at radius 1 is 0.844 bits per heavy atom. The first-order chi connectivity index (χ1) is 15.5. The summed E-state index contributed by atoms with van der Waals surface area (Å²) in [6.07, 6.45) is 0.360. The molecule has 4 rings (SSSR count). The molecule has 0 heterocycles. The van der Waals surface area contributed by atoms with Crippen LogP contribution in [0, 0.1) is 13.8 Å². The summed E-state index contributed by atoms with van der Waals surface area (Å²) in [6.45, 7) is 6.81. The van der Waals surface area contributed by atoms with E-state index in [2.05, 4.69) is 43.4 Å². The molecule has 0 fully saturated rings. The summed E-state index contributed by atoms with van der Waals surface area (Å²) in [5.74, 6) is 0.952. The molecule has 32 heavy (non-hydrogen) atoms. The lowest BCUT2D eigenvalue weighted by Crippen LogP contribution is -2.16. The van der Waals surface area contributed by atoms with Gasteiger partial charge in [0.15, 0.2) is 5.78 Å². The smallest absolute Gasteiger partial charge is 0.165 e. The van der Waals surface area contributed by atoms with E-state index in [1.807, 2.05) is 67.6 Å². The Bertz CT molecular complexity index is 1230. The highest BCUT2D eigenvalue weighted by molar-refractivity contribution is 6.00. The van der Waals surface area contributed by atoms with Gasteiger partial charge < -0.3 is 10.1 Å². The lowest BCUT2D eigenvalue weighted by Gasteiger charge is -2.21. The van der Waals surface area contributed by atoms with Gasteiger partial charge >= 0.3 is 0 Å². The van der Waals surface area contributed by atoms with Crippen LogP contribution in [-0.4, -0.2) is 12.4 Å². The maximum absolute atomic E-state index is 13.3. The number of rotatable bonds is 8. The Morgan fingerprint density at radius 2 is 1.59 bits per heavy atom. The second kappa shape index (κ2) is 9.69. The van der Waals surface area contributed by atoms with E-state index in [1.54, 1.807) is 0 Å². The largest absolute Gasteiger partial charge is 0.494 e. The average Bonchev–Trinajstić information content (AvgIpc) is 2.81. The summed E-state index contributed by atoms with van der Waals surface area (Å²) in [6, 6.07) is 28.2. The van der Waals surface area contributed by atoms with E-state index in [1.165, 1.54) is 11.1 Å². The number of ether oxygens (including phenoxy) is 1. The molecule has 0 radical (unpaired) electrons. The molecule has 0 amide bonds. The molecule has 0 aliphatic heterocycles. The van der Waals surface area contributed by atoms with Gasteiger partial charge in [-0.2, -0.15) is 0 Å². The van der Waals surface area contributed by atoms with Crippen molar-refractivity contribution in [1.29, 1.82) is 0 Å². The van der Waals surface area contributed by atoms with E-state index in [4.69, 9.17) is 4.74 Å².